The van der Waals surface area contributed by atoms with Crippen molar-refractivity contribution in [3.05, 3.63) is 29.3 Å². The molecule has 0 saturated carbocycles. The van der Waals surface area contributed by atoms with Gasteiger partial charge in [0, 0.05) is 18.6 Å². The molecule has 1 aromatic carbocycles. The maximum Gasteiger partial charge on any atom is 0.122 e. The van der Waals surface area contributed by atoms with Crippen LogP contribution in [-0.4, -0.2) is 18.3 Å². The van der Waals surface area contributed by atoms with Crippen molar-refractivity contribution in [2.75, 3.05) is 13.2 Å². The molecule has 0 bridgehead atoms. The first-order valence-electron chi connectivity index (χ1n) is 6.33. The van der Waals surface area contributed by atoms with E-state index in [4.69, 9.17) is 15.6 Å². The van der Waals surface area contributed by atoms with Crippen molar-refractivity contribution in [1.29, 1.82) is 0 Å². The number of aliphatic hydroxyl groups is 1. The van der Waals surface area contributed by atoms with Crippen LogP contribution in [0.15, 0.2) is 18.2 Å². The highest BCUT2D eigenvalue weighted by molar-refractivity contribution is 5.43. The SMILES string of the molecule is CC(CO)COc1cccc2c1CCCC2N. The standard InChI is InChI=1S/C14H21NO2/c1-10(8-16)9-17-14-7-3-4-11-12(14)5-2-6-13(11)15/h3-4,7,10,13,16H,2,5-6,8-9,15H2,1H3. The van der Waals surface area contributed by atoms with Crippen molar-refractivity contribution < 1.29 is 9.84 Å². The number of hydrogen-bond acceptors (Lipinski definition) is 3. The lowest BCUT2D eigenvalue weighted by Crippen LogP contribution is -2.19. The Kier molecular flexibility index (Phi) is 4.02. The van der Waals surface area contributed by atoms with Crippen molar-refractivity contribution in [1.82, 2.24) is 0 Å². The van der Waals surface area contributed by atoms with E-state index < -0.39 is 0 Å². The Bertz CT molecular complexity index is 378. The van der Waals surface area contributed by atoms with Crippen LogP contribution < -0.4 is 10.5 Å². The molecule has 2 rings (SSSR count). The quantitative estimate of drug-likeness (QED) is 0.839. The molecule has 0 aliphatic heterocycles. The number of aliphatic hydroxyl groups excluding tert-OH is 1. The van der Waals surface area contributed by atoms with Gasteiger partial charge in [-0.15, -0.1) is 0 Å². The van der Waals surface area contributed by atoms with Gasteiger partial charge in [0.15, 0.2) is 0 Å². The van der Waals surface area contributed by atoms with Crippen LogP contribution in [0.3, 0.4) is 0 Å². The summed E-state index contributed by atoms with van der Waals surface area (Å²) in [6.07, 6.45) is 3.24. The summed E-state index contributed by atoms with van der Waals surface area (Å²) in [5.41, 5.74) is 8.59. The van der Waals surface area contributed by atoms with Crippen LogP contribution in [0.1, 0.15) is 36.9 Å². The smallest absolute Gasteiger partial charge is 0.122 e. The minimum absolute atomic E-state index is 0.151. The Morgan fingerprint density at radius 2 is 2.35 bits per heavy atom. The molecule has 0 amide bonds. The summed E-state index contributed by atoms with van der Waals surface area (Å²) in [5.74, 6) is 1.11. The van der Waals surface area contributed by atoms with Crippen molar-refractivity contribution in [3.8, 4) is 5.75 Å². The number of ether oxygens (including phenoxy) is 1. The molecule has 3 N–H and O–H groups in total. The summed E-state index contributed by atoms with van der Waals surface area (Å²) in [7, 11) is 0. The molecule has 2 atom stereocenters. The van der Waals surface area contributed by atoms with E-state index in [0.717, 1.165) is 25.0 Å². The van der Waals surface area contributed by atoms with Crippen molar-refractivity contribution in [2.24, 2.45) is 11.7 Å². The van der Waals surface area contributed by atoms with E-state index >= 15 is 0 Å². The topological polar surface area (TPSA) is 55.5 Å². The van der Waals surface area contributed by atoms with Crippen LogP contribution in [-0.2, 0) is 6.42 Å². The molecular weight excluding hydrogens is 214 g/mol. The largest absolute Gasteiger partial charge is 0.493 e. The zero-order valence-electron chi connectivity index (χ0n) is 10.4. The third-order valence-electron chi connectivity index (χ3n) is 3.35. The molecule has 0 fully saturated rings. The monoisotopic (exact) mass is 235 g/mol. The number of benzene rings is 1. The molecular formula is C14H21NO2. The lowest BCUT2D eigenvalue weighted by molar-refractivity contribution is 0.173. The zero-order valence-corrected chi connectivity index (χ0v) is 10.4. The third-order valence-corrected chi connectivity index (χ3v) is 3.35. The first-order valence-corrected chi connectivity index (χ1v) is 6.33. The fourth-order valence-corrected chi connectivity index (χ4v) is 2.27. The summed E-state index contributed by atoms with van der Waals surface area (Å²) >= 11 is 0. The van der Waals surface area contributed by atoms with E-state index in [-0.39, 0.29) is 18.6 Å². The van der Waals surface area contributed by atoms with Crippen molar-refractivity contribution in [3.63, 3.8) is 0 Å². The van der Waals surface area contributed by atoms with E-state index in [1.54, 1.807) is 0 Å². The molecule has 0 heterocycles. The molecule has 0 saturated heterocycles. The minimum atomic E-state index is 0.151. The van der Waals surface area contributed by atoms with Gasteiger partial charge in [-0.1, -0.05) is 19.1 Å². The van der Waals surface area contributed by atoms with Crippen molar-refractivity contribution in [2.45, 2.75) is 32.2 Å². The predicted molar refractivity (Wildman–Crippen MR) is 68.1 cm³/mol. The van der Waals surface area contributed by atoms with Gasteiger partial charge < -0.3 is 15.6 Å². The molecule has 2 unspecified atom stereocenters. The van der Waals surface area contributed by atoms with E-state index in [1.807, 2.05) is 19.1 Å². The average Bonchev–Trinajstić information content (AvgIpc) is 2.36. The molecule has 1 aliphatic rings. The van der Waals surface area contributed by atoms with E-state index in [9.17, 15) is 0 Å². The minimum Gasteiger partial charge on any atom is -0.493 e. The molecule has 3 heteroatoms. The molecule has 1 aliphatic carbocycles. The van der Waals surface area contributed by atoms with Gasteiger partial charge in [-0.25, -0.2) is 0 Å². The van der Waals surface area contributed by atoms with E-state index in [2.05, 4.69) is 6.07 Å². The second-order valence-corrected chi connectivity index (χ2v) is 4.92. The normalized spacial score (nSPS) is 20.8. The van der Waals surface area contributed by atoms with Crippen molar-refractivity contribution >= 4 is 0 Å². The number of nitrogens with two attached hydrogens (primary N) is 1. The van der Waals surface area contributed by atoms with E-state index in [0.29, 0.717) is 6.61 Å². The lowest BCUT2D eigenvalue weighted by Gasteiger charge is -2.24. The van der Waals surface area contributed by atoms with Gasteiger partial charge in [0.25, 0.3) is 0 Å². The second-order valence-electron chi connectivity index (χ2n) is 4.92. The fourth-order valence-electron chi connectivity index (χ4n) is 2.27. The third kappa shape index (κ3) is 2.79. The van der Waals surface area contributed by atoms with Gasteiger partial charge in [0.2, 0.25) is 0 Å². The van der Waals surface area contributed by atoms with Gasteiger partial charge >= 0.3 is 0 Å². The van der Waals surface area contributed by atoms with Gasteiger partial charge in [0.05, 0.1) is 6.61 Å². The first kappa shape index (κ1) is 12.4. The highest BCUT2D eigenvalue weighted by Gasteiger charge is 2.19. The zero-order chi connectivity index (χ0) is 12.3. The maximum atomic E-state index is 8.99. The van der Waals surface area contributed by atoms with Crippen LogP contribution in [0.25, 0.3) is 0 Å². The Morgan fingerprint density at radius 1 is 1.53 bits per heavy atom. The van der Waals surface area contributed by atoms with Crippen LogP contribution in [0, 0.1) is 5.92 Å². The van der Waals surface area contributed by atoms with Gasteiger partial charge in [-0.3, -0.25) is 0 Å². The van der Waals surface area contributed by atoms with Crippen LogP contribution >= 0.6 is 0 Å². The summed E-state index contributed by atoms with van der Waals surface area (Å²) in [5, 5.41) is 8.99. The average molecular weight is 235 g/mol. The van der Waals surface area contributed by atoms with Gasteiger partial charge in [0.1, 0.15) is 5.75 Å². The van der Waals surface area contributed by atoms with Gasteiger partial charge in [-0.05, 0) is 36.5 Å². The Balaban J connectivity index is 2.15. The number of rotatable bonds is 4. The fraction of sp³-hybridized carbons (Fsp3) is 0.571. The first-order chi connectivity index (χ1) is 8.22. The summed E-state index contributed by atoms with van der Waals surface area (Å²) in [6, 6.07) is 6.25. The van der Waals surface area contributed by atoms with E-state index in [1.165, 1.54) is 11.1 Å². The summed E-state index contributed by atoms with van der Waals surface area (Å²) in [4.78, 5) is 0. The number of hydrogen-bond donors (Lipinski definition) is 2. The molecule has 0 aromatic heterocycles. The van der Waals surface area contributed by atoms with Crippen LogP contribution in [0.2, 0.25) is 0 Å². The summed E-state index contributed by atoms with van der Waals surface area (Å²) < 4.78 is 5.79. The maximum absolute atomic E-state index is 8.99. The Hall–Kier alpha value is -1.06. The molecule has 1 aromatic rings. The van der Waals surface area contributed by atoms with Crippen LogP contribution in [0.4, 0.5) is 0 Å². The highest BCUT2D eigenvalue weighted by atomic mass is 16.5. The Morgan fingerprint density at radius 3 is 3.12 bits per heavy atom. The molecule has 0 spiro atoms. The molecule has 94 valence electrons. The molecule has 0 radical (unpaired) electrons. The number of fused-ring (bicyclic) bond motifs is 1. The summed E-state index contributed by atoms with van der Waals surface area (Å²) in [6.45, 7) is 2.69. The molecule has 3 nitrogen and oxygen atoms in total. The lowest BCUT2D eigenvalue weighted by atomic mass is 9.87. The van der Waals surface area contributed by atoms with Gasteiger partial charge in [-0.2, -0.15) is 0 Å². The molecule has 17 heavy (non-hydrogen) atoms. The second kappa shape index (κ2) is 5.52. The predicted octanol–water partition coefficient (Wildman–Crippen LogP) is 2.03. The Labute approximate surface area is 103 Å². The highest BCUT2D eigenvalue weighted by Crippen LogP contribution is 2.34. The van der Waals surface area contributed by atoms with Crippen LogP contribution in [0.5, 0.6) is 5.75 Å².